The van der Waals surface area contributed by atoms with Crippen molar-refractivity contribution in [3.05, 3.63) is 42.4 Å². The average molecular weight is 389 g/mol. The molecule has 0 radical (unpaired) electrons. The van der Waals surface area contributed by atoms with Crippen molar-refractivity contribution in [2.75, 3.05) is 18.0 Å². The fraction of sp³-hybridized carbons (Fsp3) is 0.333. The van der Waals surface area contributed by atoms with Gasteiger partial charge < -0.3 is 10.0 Å². The molecule has 4 heterocycles. The smallest absolute Gasteiger partial charge is 0.163 e. The van der Waals surface area contributed by atoms with Crippen LogP contribution in [0, 0.1) is 0 Å². The van der Waals surface area contributed by atoms with E-state index in [4.69, 9.17) is 5.10 Å². The highest BCUT2D eigenvalue weighted by Gasteiger charge is 2.26. The fourth-order valence-corrected chi connectivity index (χ4v) is 3.90. The molecule has 148 valence electrons. The first-order valence-corrected chi connectivity index (χ1v) is 9.78. The maximum absolute atomic E-state index is 9.82. The van der Waals surface area contributed by atoms with Gasteiger partial charge in [0, 0.05) is 38.3 Å². The van der Waals surface area contributed by atoms with Crippen LogP contribution < -0.4 is 4.90 Å². The minimum Gasteiger partial charge on any atom is -0.389 e. The van der Waals surface area contributed by atoms with Crippen molar-refractivity contribution in [3.8, 4) is 22.5 Å². The standard InChI is InChI=1S/C21H23N7O/c1-13(29)14-5-7-15(8-6-14)19-16(11-24-26(19)2)18-17-20(27(3)25-18)22-12-23-21(17)28-9-4-10-28/h5-8,11-13,29H,4,9-10H2,1-3H3. The van der Waals surface area contributed by atoms with Crippen molar-refractivity contribution in [1.82, 2.24) is 29.5 Å². The van der Waals surface area contributed by atoms with Gasteiger partial charge in [0.15, 0.2) is 5.65 Å². The van der Waals surface area contributed by atoms with Crippen LogP contribution in [0.4, 0.5) is 5.82 Å². The summed E-state index contributed by atoms with van der Waals surface area (Å²) in [5.41, 5.74) is 5.48. The Balaban J connectivity index is 1.71. The molecule has 0 saturated carbocycles. The number of aromatic nitrogens is 6. The number of fused-ring (bicyclic) bond motifs is 1. The van der Waals surface area contributed by atoms with Crippen molar-refractivity contribution in [2.45, 2.75) is 19.4 Å². The summed E-state index contributed by atoms with van der Waals surface area (Å²) >= 11 is 0. The maximum atomic E-state index is 9.82. The van der Waals surface area contributed by atoms with Gasteiger partial charge in [0.05, 0.1) is 23.4 Å². The molecular formula is C21H23N7O. The van der Waals surface area contributed by atoms with Gasteiger partial charge in [-0.2, -0.15) is 10.2 Å². The predicted octanol–water partition coefficient (Wildman–Crippen LogP) is 2.69. The largest absolute Gasteiger partial charge is 0.389 e. The molecule has 4 aromatic rings. The molecule has 1 unspecified atom stereocenters. The summed E-state index contributed by atoms with van der Waals surface area (Å²) < 4.78 is 3.67. The third kappa shape index (κ3) is 2.79. The number of nitrogens with zero attached hydrogens (tertiary/aromatic N) is 7. The van der Waals surface area contributed by atoms with Crippen LogP contribution in [-0.4, -0.2) is 47.7 Å². The number of aliphatic hydroxyl groups is 1. The number of aryl methyl sites for hydroxylation is 2. The fourth-order valence-electron chi connectivity index (χ4n) is 3.90. The SMILES string of the molecule is CC(O)c1ccc(-c2c(-c3nn(C)c4ncnc(N5CCC5)c34)cnn2C)cc1. The third-order valence-electron chi connectivity index (χ3n) is 5.62. The summed E-state index contributed by atoms with van der Waals surface area (Å²) in [4.78, 5) is 11.3. The molecule has 0 spiro atoms. The molecule has 1 aromatic carbocycles. The maximum Gasteiger partial charge on any atom is 0.163 e. The molecule has 29 heavy (non-hydrogen) atoms. The number of hydrogen-bond donors (Lipinski definition) is 1. The normalized spacial score (nSPS) is 15.0. The Morgan fingerprint density at radius 1 is 1.03 bits per heavy atom. The van der Waals surface area contributed by atoms with E-state index in [2.05, 4.69) is 20.0 Å². The van der Waals surface area contributed by atoms with Crippen LogP contribution >= 0.6 is 0 Å². The van der Waals surface area contributed by atoms with Crippen LogP contribution in [0.5, 0.6) is 0 Å². The van der Waals surface area contributed by atoms with E-state index < -0.39 is 6.10 Å². The number of rotatable bonds is 4. The summed E-state index contributed by atoms with van der Waals surface area (Å²) in [6.07, 6.45) is 4.15. The van der Waals surface area contributed by atoms with Gasteiger partial charge in [-0.15, -0.1) is 0 Å². The van der Waals surface area contributed by atoms with E-state index in [1.54, 1.807) is 13.3 Å². The number of anilines is 1. The third-order valence-corrected chi connectivity index (χ3v) is 5.62. The monoisotopic (exact) mass is 389 g/mol. The van der Waals surface area contributed by atoms with Crippen LogP contribution in [0.15, 0.2) is 36.8 Å². The van der Waals surface area contributed by atoms with E-state index in [0.717, 1.165) is 58.0 Å². The molecule has 1 aliphatic rings. The Kier molecular flexibility index (Phi) is 4.09. The average Bonchev–Trinajstić information content (AvgIpc) is 3.21. The molecular weight excluding hydrogens is 366 g/mol. The van der Waals surface area contributed by atoms with Crippen molar-refractivity contribution >= 4 is 16.9 Å². The molecule has 8 heteroatoms. The Labute approximate surface area is 168 Å². The van der Waals surface area contributed by atoms with E-state index in [9.17, 15) is 5.11 Å². The van der Waals surface area contributed by atoms with Crippen LogP contribution in [-0.2, 0) is 14.1 Å². The second kappa shape index (κ2) is 6.66. The molecule has 1 saturated heterocycles. The first kappa shape index (κ1) is 17.8. The molecule has 1 fully saturated rings. The lowest BCUT2D eigenvalue weighted by molar-refractivity contribution is 0.199. The van der Waals surface area contributed by atoms with Gasteiger partial charge in [-0.3, -0.25) is 4.68 Å². The van der Waals surface area contributed by atoms with Gasteiger partial charge in [0.2, 0.25) is 0 Å². The summed E-state index contributed by atoms with van der Waals surface area (Å²) in [6.45, 7) is 3.77. The summed E-state index contributed by atoms with van der Waals surface area (Å²) in [7, 11) is 3.84. The Morgan fingerprint density at radius 2 is 1.79 bits per heavy atom. The van der Waals surface area contributed by atoms with E-state index in [0.29, 0.717) is 0 Å². The van der Waals surface area contributed by atoms with Crippen molar-refractivity contribution in [1.29, 1.82) is 0 Å². The molecule has 0 amide bonds. The molecule has 1 N–H and O–H groups in total. The van der Waals surface area contributed by atoms with Crippen molar-refractivity contribution < 1.29 is 5.11 Å². The summed E-state index contributed by atoms with van der Waals surface area (Å²) in [6, 6.07) is 7.92. The molecule has 8 nitrogen and oxygen atoms in total. The van der Waals surface area contributed by atoms with Gasteiger partial charge in [-0.1, -0.05) is 24.3 Å². The molecule has 1 atom stereocenters. The van der Waals surface area contributed by atoms with Crippen molar-refractivity contribution in [2.24, 2.45) is 14.1 Å². The molecule has 0 aliphatic carbocycles. The molecule has 3 aromatic heterocycles. The highest BCUT2D eigenvalue weighted by atomic mass is 16.3. The topological polar surface area (TPSA) is 84.9 Å². The van der Waals surface area contributed by atoms with E-state index in [1.165, 1.54) is 6.42 Å². The lowest BCUT2D eigenvalue weighted by Gasteiger charge is -2.32. The minimum atomic E-state index is -0.494. The second-order valence-corrected chi connectivity index (χ2v) is 7.54. The lowest BCUT2D eigenvalue weighted by Crippen LogP contribution is -2.37. The van der Waals surface area contributed by atoms with Crippen LogP contribution in [0.25, 0.3) is 33.5 Å². The van der Waals surface area contributed by atoms with Gasteiger partial charge in [0.1, 0.15) is 17.8 Å². The first-order valence-electron chi connectivity index (χ1n) is 9.78. The van der Waals surface area contributed by atoms with E-state index in [1.807, 2.05) is 53.9 Å². The molecule has 1 aliphatic heterocycles. The van der Waals surface area contributed by atoms with Gasteiger partial charge >= 0.3 is 0 Å². The number of benzene rings is 1. The van der Waals surface area contributed by atoms with Gasteiger partial charge in [0.25, 0.3) is 0 Å². The van der Waals surface area contributed by atoms with E-state index >= 15 is 0 Å². The first-order chi connectivity index (χ1) is 14.0. The Morgan fingerprint density at radius 3 is 2.45 bits per heavy atom. The van der Waals surface area contributed by atoms with Gasteiger partial charge in [-0.25, -0.2) is 14.6 Å². The zero-order valence-electron chi connectivity index (χ0n) is 16.7. The second-order valence-electron chi connectivity index (χ2n) is 7.54. The van der Waals surface area contributed by atoms with Crippen molar-refractivity contribution in [3.63, 3.8) is 0 Å². The van der Waals surface area contributed by atoms with Crippen LogP contribution in [0.2, 0.25) is 0 Å². The Bertz CT molecular complexity index is 1190. The van der Waals surface area contributed by atoms with Crippen LogP contribution in [0.1, 0.15) is 25.0 Å². The lowest BCUT2D eigenvalue weighted by atomic mass is 10.0. The number of hydrogen-bond acceptors (Lipinski definition) is 6. The number of aliphatic hydroxyl groups excluding tert-OH is 1. The van der Waals surface area contributed by atoms with E-state index in [-0.39, 0.29) is 0 Å². The predicted molar refractivity (Wildman–Crippen MR) is 111 cm³/mol. The molecule has 5 rings (SSSR count). The van der Waals surface area contributed by atoms with Gasteiger partial charge in [-0.05, 0) is 18.9 Å². The quantitative estimate of drug-likeness (QED) is 0.578. The summed E-state index contributed by atoms with van der Waals surface area (Å²) in [5, 5.41) is 20.1. The minimum absolute atomic E-state index is 0.494. The zero-order valence-corrected chi connectivity index (χ0v) is 16.7. The Hall–Kier alpha value is -3.26. The summed E-state index contributed by atoms with van der Waals surface area (Å²) in [5.74, 6) is 0.934. The van der Waals surface area contributed by atoms with Crippen LogP contribution in [0.3, 0.4) is 0 Å². The molecule has 0 bridgehead atoms. The highest BCUT2D eigenvalue weighted by molar-refractivity contribution is 6.02. The zero-order chi connectivity index (χ0) is 20.1. The highest BCUT2D eigenvalue weighted by Crippen LogP contribution is 2.38.